The van der Waals surface area contributed by atoms with Crippen molar-refractivity contribution in [2.24, 2.45) is 0 Å². The number of benzene rings is 2. The lowest BCUT2D eigenvalue weighted by Crippen LogP contribution is -2.18. The molecule has 0 aliphatic heterocycles. The molecule has 0 N–H and O–H groups in total. The molecule has 0 unspecified atom stereocenters. The predicted octanol–water partition coefficient (Wildman–Crippen LogP) is 4.72. The number of aldehydes is 1. The van der Waals surface area contributed by atoms with Crippen LogP contribution in [0, 0.1) is 6.92 Å². The molecule has 5 nitrogen and oxygen atoms in total. The zero-order valence-electron chi connectivity index (χ0n) is 13.7. The molecule has 2 rings (SSSR count). The van der Waals surface area contributed by atoms with E-state index in [1.807, 2.05) is 19.1 Å². The molecule has 7 heteroatoms. The van der Waals surface area contributed by atoms with Crippen LogP contribution in [-0.4, -0.2) is 25.5 Å². The summed E-state index contributed by atoms with van der Waals surface area (Å²) < 4.78 is 17.9. The lowest BCUT2D eigenvalue weighted by molar-refractivity contribution is -0.136. The minimum atomic E-state index is -0.575. The second-order valence-electron chi connectivity index (χ2n) is 5.05. The van der Waals surface area contributed by atoms with Crippen LogP contribution in [0.2, 0.25) is 0 Å². The maximum absolute atomic E-state index is 12.1. The van der Waals surface area contributed by atoms with Crippen molar-refractivity contribution in [3.05, 3.63) is 50.4 Å². The standard InChI is InChI=1S/C18H16Br2O5/c1-3-23-16-7-12(9-21)4-5-15(16)25-17(22)10-24-18-11(2)6-13(19)8-14(18)20/h4-9H,3,10H2,1-2H3. The van der Waals surface area contributed by atoms with Crippen molar-refractivity contribution in [1.82, 2.24) is 0 Å². The summed E-state index contributed by atoms with van der Waals surface area (Å²) in [6, 6.07) is 8.31. The minimum Gasteiger partial charge on any atom is -0.490 e. The van der Waals surface area contributed by atoms with Crippen molar-refractivity contribution >= 4 is 44.1 Å². The summed E-state index contributed by atoms with van der Waals surface area (Å²) in [6.45, 7) is 3.80. The third-order valence-corrected chi connectivity index (χ3v) is 4.20. The molecule has 0 saturated carbocycles. The number of rotatable bonds is 7. The van der Waals surface area contributed by atoms with Crippen LogP contribution in [0.1, 0.15) is 22.8 Å². The molecule has 2 aromatic rings. The first-order chi connectivity index (χ1) is 11.9. The third kappa shape index (κ3) is 5.31. The summed E-state index contributed by atoms with van der Waals surface area (Å²) in [7, 11) is 0. The third-order valence-electron chi connectivity index (χ3n) is 3.16. The van der Waals surface area contributed by atoms with Gasteiger partial charge >= 0.3 is 5.97 Å². The fourth-order valence-electron chi connectivity index (χ4n) is 2.11. The lowest BCUT2D eigenvalue weighted by atomic mass is 10.2. The van der Waals surface area contributed by atoms with Crippen molar-refractivity contribution < 1.29 is 23.8 Å². The van der Waals surface area contributed by atoms with E-state index in [0.29, 0.717) is 30.0 Å². The maximum atomic E-state index is 12.1. The Morgan fingerprint density at radius 1 is 1.12 bits per heavy atom. The summed E-state index contributed by atoms with van der Waals surface area (Å²) >= 11 is 6.79. The highest BCUT2D eigenvalue weighted by Gasteiger charge is 2.14. The molecule has 0 fully saturated rings. The van der Waals surface area contributed by atoms with E-state index in [-0.39, 0.29) is 12.4 Å². The number of carbonyl (C=O) groups excluding carboxylic acids is 2. The van der Waals surface area contributed by atoms with Crippen LogP contribution in [0.15, 0.2) is 39.3 Å². The van der Waals surface area contributed by atoms with Crippen molar-refractivity contribution in [2.75, 3.05) is 13.2 Å². The Balaban J connectivity index is 2.07. The molecule has 0 aromatic heterocycles. The van der Waals surface area contributed by atoms with Crippen molar-refractivity contribution in [3.63, 3.8) is 0 Å². The smallest absolute Gasteiger partial charge is 0.349 e. The number of aryl methyl sites for hydroxylation is 1. The number of halogens is 2. The monoisotopic (exact) mass is 470 g/mol. The molecule has 0 atom stereocenters. The Morgan fingerprint density at radius 3 is 2.52 bits per heavy atom. The normalized spacial score (nSPS) is 10.2. The zero-order valence-corrected chi connectivity index (χ0v) is 16.8. The topological polar surface area (TPSA) is 61.8 Å². The maximum Gasteiger partial charge on any atom is 0.349 e. The number of ether oxygens (including phenoxy) is 3. The molecule has 0 saturated heterocycles. The van der Waals surface area contributed by atoms with Gasteiger partial charge in [-0.15, -0.1) is 0 Å². The molecule has 0 aliphatic rings. The SMILES string of the molecule is CCOc1cc(C=O)ccc1OC(=O)COc1c(C)cc(Br)cc1Br. The molecule has 0 amide bonds. The van der Waals surface area contributed by atoms with E-state index in [0.717, 1.165) is 14.5 Å². The Kier molecular flexibility index (Phi) is 7.01. The van der Waals surface area contributed by atoms with Gasteiger partial charge in [0.15, 0.2) is 18.1 Å². The molecular formula is C18H16Br2O5. The summed E-state index contributed by atoms with van der Waals surface area (Å²) in [6.07, 6.45) is 0.699. The molecule has 25 heavy (non-hydrogen) atoms. The minimum absolute atomic E-state index is 0.243. The molecule has 0 aliphatic carbocycles. The van der Waals surface area contributed by atoms with Gasteiger partial charge in [0, 0.05) is 10.0 Å². The molecule has 0 heterocycles. The van der Waals surface area contributed by atoms with Crippen molar-refractivity contribution in [2.45, 2.75) is 13.8 Å². The molecule has 0 spiro atoms. The van der Waals surface area contributed by atoms with Gasteiger partial charge in [-0.3, -0.25) is 4.79 Å². The Morgan fingerprint density at radius 2 is 1.88 bits per heavy atom. The average molecular weight is 472 g/mol. The molecule has 0 radical (unpaired) electrons. The van der Waals surface area contributed by atoms with Gasteiger partial charge in [0.2, 0.25) is 0 Å². The highest BCUT2D eigenvalue weighted by molar-refractivity contribution is 9.11. The van der Waals surface area contributed by atoms with E-state index in [2.05, 4.69) is 31.9 Å². The van der Waals surface area contributed by atoms with Crippen LogP contribution in [0.3, 0.4) is 0 Å². The van der Waals surface area contributed by atoms with E-state index < -0.39 is 5.97 Å². The number of esters is 1. The lowest BCUT2D eigenvalue weighted by Gasteiger charge is -2.13. The fraction of sp³-hybridized carbons (Fsp3) is 0.222. The predicted molar refractivity (Wildman–Crippen MR) is 101 cm³/mol. The first kappa shape index (κ1) is 19.5. The first-order valence-electron chi connectivity index (χ1n) is 7.45. The van der Waals surface area contributed by atoms with E-state index in [9.17, 15) is 9.59 Å². The molecule has 0 bridgehead atoms. The number of hydrogen-bond acceptors (Lipinski definition) is 5. The second-order valence-corrected chi connectivity index (χ2v) is 6.82. The fourth-order valence-corrected chi connectivity index (χ4v) is 3.66. The summed E-state index contributed by atoms with van der Waals surface area (Å²) in [5, 5.41) is 0. The quantitative estimate of drug-likeness (QED) is 0.332. The van der Waals surface area contributed by atoms with Crippen LogP contribution < -0.4 is 14.2 Å². The van der Waals surface area contributed by atoms with Crippen molar-refractivity contribution in [3.8, 4) is 17.2 Å². The van der Waals surface area contributed by atoms with Gasteiger partial charge in [0.05, 0.1) is 11.1 Å². The van der Waals surface area contributed by atoms with E-state index >= 15 is 0 Å². The Bertz CT molecular complexity index is 766. The van der Waals surface area contributed by atoms with Gasteiger partial charge < -0.3 is 14.2 Å². The Hall–Kier alpha value is -1.86. The van der Waals surface area contributed by atoms with Crippen LogP contribution >= 0.6 is 31.9 Å². The Labute approximate surface area is 162 Å². The molecular weight excluding hydrogens is 456 g/mol. The number of hydrogen-bond donors (Lipinski definition) is 0. The zero-order chi connectivity index (χ0) is 18.4. The van der Waals surface area contributed by atoms with Crippen LogP contribution in [0.5, 0.6) is 17.2 Å². The van der Waals surface area contributed by atoms with E-state index in [4.69, 9.17) is 14.2 Å². The second kappa shape index (κ2) is 9.01. The first-order valence-corrected chi connectivity index (χ1v) is 9.04. The van der Waals surface area contributed by atoms with Gasteiger partial charge in [-0.25, -0.2) is 4.79 Å². The highest BCUT2D eigenvalue weighted by atomic mass is 79.9. The van der Waals surface area contributed by atoms with Crippen LogP contribution in [0.25, 0.3) is 0 Å². The van der Waals surface area contributed by atoms with Gasteiger partial charge in [-0.1, -0.05) is 15.9 Å². The summed E-state index contributed by atoms with van der Waals surface area (Å²) in [4.78, 5) is 22.9. The van der Waals surface area contributed by atoms with Crippen molar-refractivity contribution in [1.29, 1.82) is 0 Å². The van der Waals surface area contributed by atoms with E-state index in [1.54, 1.807) is 13.0 Å². The number of carbonyl (C=O) groups is 2. The molecule has 2 aromatic carbocycles. The van der Waals surface area contributed by atoms with Gasteiger partial charge in [0.1, 0.15) is 12.0 Å². The van der Waals surface area contributed by atoms with Crippen LogP contribution in [-0.2, 0) is 4.79 Å². The van der Waals surface area contributed by atoms with E-state index in [1.165, 1.54) is 12.1 Å². The largest absolute Gasteiger partial charge is 0.490 e. The van der Waals surface area contributed by atoms with Gasteiger partial charge in [-0.2, -0.15) is 0 Å². The average Bonchev–Trinajstić information content (AvgIpc) is 2.55. The van der Waals surface area contributed by atoms with Gasteiger partial charge in [-0.05, 0) is 65.7 Å². The molecule has 132 valence electrons. The summed E-state index contributed by atoms with van der Waals surface area (Å²) in [5.41, 5.74) is 1.31. The summed E-state index contributed by atoms with van der Waals surface area (Å²) in [5.74, 6) is 0.574. The van der Waals surface area contributed by atoms with Crippen LogP contribution in [0.4, 0.5) is 0 Å². The highest BCUT2D eigenvalue weighted by Crippen LogP contribution is 2.32. The van der Waals surface area contributed by atoms with Gasteiger partial charge in [0.25, 0.3) is 0 Å².